The topological polar surface area (TPSA) is 64.0 Å². The summed E-state index contributed by atoms with van der Waals surface area (Å²) < 4.78 is 6.07. The molecule has 4 rings (SSSR count). The molecule has 5 nitrogen and oxygen atoms in total. The molecule has 1 aliphatic rings. The molecule has 132 valence electrons. The molecule has 3 aromatic rings. The molecule has 1 saturated carbocycles. The fraction of sp³-hybridized carbons (Fsp3) is 0.250. The van der Waals surface area contributed by atoms with Gasteiger partial charge in [0.25, 0.3) is 11.5 Å². The predicted molar refractivity (Wildman–Crippen MR) is 104 cm³/mol. The Kier molecular flexibility index (Phi) is 4.20. The lowest BCUT2D eigenvalue weighted by Gasteiger charge is -2.09. The summed E-state index contributed by atoms with van der Waals surface area (Å²) >= 11 is 1.25. The zero-order valence-corrected chi connectivity index (χ0v) is 15.5. The van der Waals surface area contributed by atoms with Gasteiger partial charge in [-0.2, -0.15) is 4.37 Å². The Morgan fingerprint density at radius 1 is 1.27 bits per heavy atom. The van der Waals surface area contributed by atoms with Crippen LogP contribution < -0.4 is 10.9 Å². The number of amides is 1. The Morgan fingerprint density at radius 3 is 2.65 bits per heavy atom. The lowest BCUT2D eigenvalue weighted by atomic mass is 10.0. The molecule has 1 aliphatic carbocycles. The van der Waals surface area contributed by atoms with Crippen molar-refractivity contribution in [2.45, 2.75) is 25.7 Å². The number of hydrogen-bond donors (Lipinski definition) is 1. The Morgan fingerprint density at radius 2 is 2.00 bits per heavy atom. The average Bonchev–Trinajstić information content (AvgIpc) is 3.38. The number of benzene rings is 1. The highest BCUT2D eigenvalue weighted by Gasteiger charge is 2.33. The van der Waals surface area contributed by atoms with Gasteiger partial charge in [-0.15, -0.1) is 0 Å². The first-order chi connectivity index (χ1) is 12.5. The van der Waals surface area contributed by atoms with E-state index in [0.29, 0.717) is 22.0 Å². The molecule has 0 atom stereocenters. The maximum atomic E-state index is 12.9. The minimum atomic E-state index is -0.162. The molecule has 1 aromatic carbocycles. The van der Waals surface area contributed by atoms with E-state index >= 15 is 0 Å². The van der Waals surface area contributed by atoms with Crippen molar-refractivity contribution in [1.29, 1.82) is 0 Å². The van der Waals surface area contributed by atoms with Crippen LogP contribution in [0.1, 0.15) is 39.6 Å². The number of hydrogen-bond acceptors (Lipinski definition) is 4. The van der Waals surface area contributed by atoms with Crippen LogP contribution in [0.25, 0.3) is 11.3 Å². The van der Waals surface area contributed by atoms with Crippen LogP contribution in [0.5, 0.6) is 0 Å². The first-order valence-corrected chi connectivity index (χ1v) is 9.35. The summed E-state index contributed by atoms with van der Waals surface area (Å²) in [6.07, 6.45) is 3.83. The highest BCUT2D eigenvalue weighted by Crippen LogP contribution is 2.47. The molecule has 2 heterocycles. The summed E-state index contributed by atoms with van der Waals surface area (Å²) in [4.78, 5) is 25.4. The first-order valence-electron chi connectivity index (χ1n) is 8.58. The van der Waals surface area contributed by atoms with Gasteiger partial charge >= 0.3 is 0 Å². The number of aromatic nitrogens is 2. The van der Waals surface area contributed by atoms with Crippen LogP contribution in [0.3, 0.4) is 0 Å². The van der Waals surface area contributed by atoms with E-state index in [-0.39, 0.29) is 11.5 Å². The van der Waals surface area contributed by atoms with E-state index in [1.807, 2.05) is 30.3 Å². The molecule has 0 unspecified atom stereocenters. The van der Waals surface area contributed by atoms with Crippen molar-refractivity contribution in [3.63, 3.8) is 0 Å². The fourth-order valence-corrected chi connectivity index (χ4v) is 4.03. The van der Waals surface area contributed by atoms with Crippen molar-refractivity contribution in [1.82, 2.24) is 8.94 Å². The number of anilines is 1. The van der Waals surface area contributed by atoms with E-state index < -0.39 is 0 Å². The van der Waals surface area contributed by atoms with Crippen LogP contribution in [0.2, 0.25) is 0 Å². The third-order valence-electron chi connectivity index (χ3n) is 4.59. The Labute approximate surface area is 155 Å². The van der Waals surface area contributed by atoms with E-state index in [4.69, 9.17) is 0 Å². The summed E-state index contributed by atoms with van der Waals surface area (Å²) in [6.45, 7) is 1.74. The van der Waals surface area contributed by atoms with Crippen LogP contribution in [-0.2, 0) is 7.05 Å². The van der Waals surface area contributed by atoms with Gasteiger partial charge in [0.15, 0.2) is 0 Å². The third kappa shape index (κ3) is 3.08. The summed E-state index contributed by atoms with van der Waals surface area (Å²) in [5.41, 5.74) is 4.17. The molecule has 0 bridgehead atoms. The van der Waals surface area contributed by atoms with E-state index in [9.17, 15) is 9.59 Å². The Hall–Kier alpha value is -2.73. The van der Waals surface area contributed by atoms with Crippen LogP contribution >= 0.6 is 11.5 Å². The van der Waals surface area contributed by atoms with E-state index in [1.54, 1.807) is 26.2 Å². The largest absolute Gasteiger partial charge is 0.320 e. The quantitative estimate of drug-likeness (QED) is 0.761. The van der Waals surface area contributed by atoms with Gasteiger partial charge in [0, 0.05) is 29.9 Å². The average molecular weight is 365 g/mol. The monoisotopic (exact) mass is 365 g/mol. The number of rotatable bonds is 4. The van der Waals surface area contributed by atoms with Gasteiger partial charge < -0.3 is 9.88 Å². The molecule has 0 saturated heterocycles. The second-order valence-corrected chi connectivity index (χ2v) is 7.47. The standard InChI is InChI=1S/C20H19N3O2S/c1-12-10-15(11-23(2)20(12)25)21-19(24)18-16(13-8-9-13)17(22-26-18)14-6-4-3-5-7-14/h3-7,10-11,13H,8-9H2,1-2H3,(H,21,24). The number of nitrogens with one attached hydrogen (secondary N) is 1. The minimum Gasteiger partial charge on any atom is -0.320 e. The second-order valence-electron chi connectivity index (χ2n) is 6.70. The summed E-state index contributed by atoms with van der Waals surface area (Å²) in [7, 11) is 1.68. The number of nitrogens with zero attached hydrogens (tertiary/aromatic N) is 2. The fourth-order valence-electron chi connectivity index (χ4n) is 3.15. The normalized spacial score (nSPS) is 13.6. The molecule has 1 amide bonds. The summed E-state index contributed by atoms with van der Waals surface area (Å²) in [6, 6.07) is 11.7. The lowest BCUT2D eigenvalue weighted by molar-refractivity contribution is 0.102. The minimum absolute atomic E-state index is 0.0641. The van der Waals surface area contributed by atoms with Crippen LogP contribution in [-0.4, -0.2) is 14.8 Å². The van der Waals surface area contributed by atoms with Crippen LogP contribution in [0.15, 0.2) is 47.4 Å². The van der Waals surface area contributed by atoms with Gasteiger partial charge in [0.1, 0.15) is 4.88 Å². The van der Waals surface area contributed by atoms with Crippen molar-refractivity contribution >= 4 is 23.1 Å². The number of aryl methyl sites for hydroxylation is 2. The Bertz CT molecular complexity index is 1010. The van der Waals surface area contributed by atoms with Crippen LogP contribution in [0, 0.1) is 6.92 Å². The van der Waals surface area contributed by atoms with E-state index in [1.165, 1.54) is 16.1 Å². The molecule has 0 spiro atoms. The molecule has 0 radical (unpaired) electrons. The van der Waals surface area contributed by atoms with E-state index in [0.717, 1.165) is 29.7 Å². The Balaban J connectivity index is 1.69. The van der Waals surface area contributed by atoms with Crippen molar-refractivity contribution in [2.24, 2.45) is 7.05 Å². The third-order valence-corrected chi connectivity index (χ3v) is 5.45. The van der Waals surface area contributed by atoms with E-state index in [2.05, 4.69) is 9.69 Å². The van der Waals surface area contributed by atoms with Gasteiger partial charge in [-0.05, 0) is 43.3 Å². The number of pyridine rings is 1. The number of carbonyl (C=O) groups excluding carboxylic acids is 1. The van der Waals surface area contributed by atoms with Crippen LogP contribution in [0.4, 0.5) is 5.69 Å². The predicted octanol–water partition coefficient (Wildman–Crippen LogP) is 3.95. The lowest BCUT2D eigenvalue weighted by Crippen LogP contribution is -2.21. The molecule has 1 fully saturated rings. The molecular formula is C20H19N3O2S. The zero-order chi connectivity index (χ0) is 18.3. The molecule has 6 heteroatoms. The SMILES string of the molecule is Cc1cc(NC(=O)c2snc(-c3ccccc3)c2C2CC2)cn(C)c1=O. The maximum absolute atomic E-state index is 12.9. The first kappa shape index (κ1) is 16.7. The van der Waals surface area contributed by atoms with Crippen molar-refractivity contribution in [2.75, 3.05) is 5.32 Å². The molecule has 0 aliphatic heterocycles. The summed E-state index contributed by atoms with van der Waals surface area (Å²) in [5.74, 6) is 0.246. The van der Waals surface area contributed by atoms with Crippen molar-refractivity contribution < 1.29 is 4.79 Å². The summed E-state index contributed by atoms with van der Waals surface area (Å²) in [5, 5.41) is 2.93. The van der Waals surface area contributed by atoms with Gasteiger partial charge in [-0.1, -0.05) is 30.3 Å². The van der Waals surface area contributed by atoms with Gasteiger partial charge in [-0.25, -0.2) is 0 Å². The molecule has 2 aromatic heterocycles. The molecule has 26 heavy (non-hydrogen) atoms. The smallest absolute Gasteiger partial charge is 0.267 e. The maximum Gasteiger partial charge on any atom is 0.267 e. The highest BCUT2D eigenvalue weighted by molar-refractivity contribution is 7.08. The molecular weight excluding hydrogens is 346 g/mol. The van der Waals surface area contributed by atoms with Crippen molar-refractivity contribution in [3.8, 4) is 11.3 Å². The van der Waals surface area contributed by atoms with Gasteiger partial charge in [-0.3, -0.25) is 9.59 Å². The zero-order valence-electron chi connectivity index (χ0n) is 14.7. The second kappa shape index (κ2) is 6.53. The van der Waals surface area contributed by atoms with Crippen molar-refractivity contribution in [3.05, 3.63) is 69.0 Å². The highest BCUT2D eigenvalue weighted by atomic mass is 32.1. The number of carbonyl (C=O) groups is 1. The molecule has 1 N–H and O–H groups in total. The van der Waals surface area contributed by atoms with Gasteiger partial charge in [0.2, 0.25) is 0 Å². The van der Waals surface area contributed by atoms with Gasteiger partial charge in [0.05, 0.1) is 11.4 Å².